The highest BCUT2D eigenvalue weighted by Crippen LogP contribution is 2.39. The van der Waals surface area contributed by atoms with E-state index in [1.165, 1.54) is 0 Å². The van der Waals surface area contributed by atoms with Crippen LogP contribution in [0.15, 0.2) is 30.5 Å². The van der Waals surface area contributed by atoms with Gasteiger partial charge in [0, 0.05) is 11.9 Å². The molecule has 0 unspecified atom stereocenters. The van der Waals surface area contributed by atoms with Gasteiger partial charge >= 0.3 is 0 Å². The third-order valence-electron chi connectivity index (χ3n) is 4.33. The van der Waals surface area contributed by atoms with Crippen LogP contribution in [-0.2, 0) is 10.2 Å². The van der Waals surface area contributed by atoms with Crippen LogP contribution in [0, 0.1) is 0 Å². The van der Waals surface area contributed by atoms with E-state index in [9.17, 15) is 4.79 Å². The van der Waals surface area contributed by atoms with Gasteiger partial charge in [-0.1, -0.05) is 0 Å². The van der Waals surface area contributed by atoms with E-state index in [0.29, 0.717) is 17.3 Å². The van der Waals surface area contributed by atoms with Gasteiger partial charge < -0.3 is 15.0 Å². The quantitative estimate of drug-likeness (QED) is 0.763. The van der Waals surface area contributed by atoms with Gasteiger partial charge in [0.15, 0.2) is 5.82 Å². The summed E-state index contributed by atoms with van der Waals surface area (Å²) in [6, 6.07) is 7.54. The number of pyridine rings is 1. The molecule has 6 nitrogen and oxygen atoms in total. The fraction of sp³-hybridized carbons (Fsp3) is 0.235. The molecule has 1 aliphatic rings. The standard InChI is InChI=1S/C17H16N4O2/c1-17(2)9-7-11-12(8-10(9)21-16(17)22)20-15(19-11)14-13(23-3)5-4-6-18-14/h4-8H,1-3H3,(H,19,20)(H,21,22). The number of fused-ring (bicyclic) bond motifs is 2. The lowest BCUT2D eigenvalue weighted by molar-refractivity contribution is -0.119. The average molecular weight is 308 g/mol. The van der Waals surface area contributed by atoms with Crippen LogP contribution in [0.1, 0.15) is 19.4 Å². The second-order valence-corrected chi connectivity index (χ2v) is 6.13. The van der Waals surface area contributed by atoms with Crippen molar-refractivity contribution in [3.63, 3.8) is 0 Å². The lowest BCUT2D eigenvalue weighted by Gasteiger charge is -2.14. The largest absolute Gasteiger partial charge is 0.494 e. The van der Waals surface area contributed by atoms with Gasteiger partial charge in [0.25, 0.3) is 0 Å². The van der Waals surface area contributed by atoms with Crippen LogP contribution < -0.4 is 10.1 Å². The first-order chi connectivity index (χ1) is 11.0. The molecule has 1 aromatic carbocycles. The van der Waals surface area contributed by atoms with E-state index in [1.54, 1.807) is 13.3 Å². The average Bonchev–Trinajstić information content (AvgIpc) is 3.05. The minimum Gasteiger partial charge on any atom is -0.494 e. The van der Waals surface area contributed by atoms with Crippen molar-refractivity contribution in [3.8, 4) is 17.3 Å². The van der Waals surface area contributed by atoms with Crippen LogP contribution in [-0.4, -0.2) is 28.0 Å². The lowest BCUT2D eigenvalue weighted by Crippen LogP contribution is -2.26. The summed E-state index contributed by atoms with van der Waals surface area (Å²) < 4.78 is 5.34. The molecule has 1 aliphatic heterocycles. The van der Waals surface area contributed by atoms with E-state index < -0.39 is 5.41 Å². The number of carbonyl (C=O) groups excluding carboxylic acids is 1. The number of benzene rings is 1. The molecule has 0 atom stereocenters. The number of nitrogens with zero attached hydrogens (tertiary/aromatic N) is 2. The normalized spacial score (nSPS) is 15.5. The van der Waals surface area contributed by atoms with Crippen molar-refractivity contribution >= 4 is 22.6 Å². The van der Waals surface area contributed by atoms with E-state index in [-0.39, 0.29) is 5.91 Å². The lowest BCUT2D eigenvalue weighted by atomic mass is 9.86. The summed E-state index contributed by atoms with van der Waals surface area (Å²) >= 11 is 0. The number of H-pyrrole nitrogens is 1. The zero-order valence-electron chi connectivity index (χ0n) is 13.1. The molecule has 6 heteroatoms. The molecule has 4 rings (SSSR count). The van der Waals surface area contributed by atoms with Crippen molar-refractivity contribution in [1.29, 1.82) is 0 Å². The Morgan fingerprint density at radius 1 is 1.26 bits per heavy atom. The van der Waals surface area contributed by atoms with Crippen LogP contribution in [0.25, 0.3) is 22.6 Å². The van der Waals surface area contributed by atoms with Crippen LogP contribution in [0.5, 0.6) is 5.75 Å². The molecule has 2 N–H and O–H groups in total. The molecule has 1 amide bonds. The van der Waals surface area contributed by atoms with Crippen molar-refractivity contribution in [3.05, 3.63) is 36.0 Å². The second kappa shape index (κ2) is 4.55. The molecule has 0 saturated carbocycles. The molecule has 0 saturated heterocycles. The van der Waals surface area contributed by atoms with E-state index >= 15 is 0 Å². The Kier molecular flexibility index (Phi) is 2.72. The third kappa shape index (κ3) is 1.91. The minimum atomic E-state index is -0.544. The maximum Gasteiger partial charge on any atom is 0.234 e. The van der Waals surface area contributed by atoms with E-state index in [4.69, 9.17) is 4.74 Å². The summed E-state index contributed by atoms with van der Waals surface area (Å²) in [7, 11) is 1.61. The Hall–Kier alpha value is -2.89. The Morgan fingerprint density at radius 2 is 2.09 bits per heavy atom. The zero-order chi connectivity index (χ0) is 16.2. The fourth-order valence-electron chi connectivity index (χ4n) is 2.92. The molecule has 0 aliphatic carbocycles. The number of aromatic nitrogens is 3. The van der Waals surface area contributed by atoms with E-state index in [2.05, 4.69) is 20.3 Å². The molecule has 3 aromatic rings. The zero-order valence-corrected chi connectivity index (χ0v) is 13.1. The number of methoxy groups -OCH3 is 1. The third-order valence-corrected chi connectivity index (χ3v) is 4.33. The summed E-state index contributed by atoms with van der Waals surface area (Å²) in [5, 5.41) is 2.92. The monoisotopic (exact) mass is 308 g/mol. The molecule has 23 heavy (non-hydrogen) atoms. The Morgan fingerprint density at radius 3 is 2.87 bits per heavy atom. The maximum atomic E-state index is 12.1. The summed E-state index contributed by atoms with van der Waals surface area (Å²) in [6.45, 7) is 3.83. The molecular weight excluding hydrogens is 292 g/mol. The number of carbonyl (C=O) groups is 1. The van der Waals surface area contributed by atoms with Gasteiger partial charge in [0.05, 0.1) is 23.6 Å². The number of rotatable bonds is 2. The van der Waals surface area contributed by atoms with E-state index in [1.807, 2.05) is 38.1 Å². The van der Waals surface area contributed by atoms with Gasteiger partial charge in [-0.25, -0.2) is 9.97 Å². The highest BCUT2D eigenvalue weighted by molar-refractivity contribution is 6.07. The van der Waals surface area contributed by atoms with Crippen molar-refractivity contribution in [2.24, 2.45) is 0 Å². The summed E-state index contributed by atoms with van der Waals surface area (Å²) in [5.74, 6) is 1.31. The first-order valence-corrected chi connectivity index (χ1v) is 7.36. The summed E-state index contributed by atoms with van der Waals surface area (Å²) in [6.07, 6.45) is 1.70. The number of amides is 1. The number of imidazole rings is 1. The Balaban J connectivity index is 1.89. The topological polar surface area (TPSA) is 79.9 Å². The van der Waals surface area contributed by atoms with Crippen LogP contribution >= 0.6 is 0 Å². The molecule has 2 aromatic heterocycles. The van der Waals surface area contributed by atoms with Crippen LogP contribution in [0.3, 0.4) is 0 Å². The van der Waals surface area contributed by atoms with Crippen molar-refractivity contribution in [1.82, 2.24) is 15.0 Å². The Labute approximate surface area is 132 Å². The number of aromatic amines is 1. The molecule has 116 valence electrons. The molecular formula is C17H16N4O2. The van der Waals surface area contributed by atoms with Gasteiger partial charge in [-0.3, -0.25) is 4.79 Å². The van der Waals surface area contributed by atoms with Crippen LogP contribution in [0.4, 0.5) is 5.69 Å². The number of ether oxygens (including phenoxy) is 1. The summed E-state index contributed by atoms with van der Waals surface area (Å²) in [5.41, 5.74) is 3.56. The molecule has 0 radical (unpaired) electrons. The smallest absolute Gasteiger partial charge is 0.234 e. The van der Waals surface area contributed by atoms with Gasteiger partial charge in [0.2, 0.25) is 5.91 Å². The maximum absolute atomic E-state index is 12.1. The SMILES string of the molecule is COc1cccnc1-c1nc2cc3c(cc2[nH]1)C(C)(C)C(=O)N3. The Bertz CT molecular complexity index is 943. The van der Waals surface area contributed by atoms with Crippen molar-refractivity contribution in [2.45, 2.75) is 19.3 Å². The van der Waals surface area contributed by atoms with Crippen molar-refractivity contribution in [2.75, 3.05) is 12.4 Å². The fourth-order valence-corrected chi connectivity index (χ4v) is 2.92. The molecule has 0 spiro atoms. The first-order valence-electron chi connectivity index (χ1n) is 7.36. The molecule has 0 fully saturated rings. The van der Waals surface area contributed by atoms with Gasteiger partial charge in [-0.2, -0.15) is 0 Å². The predicted molar refractivity (Wildman–Crippen MR) is 87.5 cm³/mol. The van der Waals surface area contributed by atoms with Gasteiger partial charge in [-0.05, 0) is 43.7 Å². The van der Waals surface area contributed by atoms with Gasteiger partial charge in [-0.15, -0.1) is 0 Å². The minimum absolute atomic E-state index is 0.00627. The second-order valence-electron chi connectivity index (χ2n) is 6.13. The number of hydrogen-bond acceptors (Lipinski definition) is 4. The summed E-state index contributed by atoms with van der Waals surface area (Å²) in [4.78, 5) is 24.3. The number of anilines is 1. The first kappa shape index (κ1) is 13.8. The number of nitrogens with one attached hydrogen (secondary N) is 2. The molecule has 3 heterocycles. The highest BCUT2D eigenvalue weighted by atomic mass is 16.5. The van der Waals surface area contributed by atoms with Gasteiger partial charge in [0.1, 0.15) is 11.4 Å². The molecule has 0 bridgehead atoms. The predicted octanol–water partition coefficient (Wildman–Crippen LogP) is 2.86. The van der Waals surface area contributed by atoms with E-state index in [0.717, 1.165) is 22.3 Å². The highest BCUT2D eigenvalue weighted by Gasteiger charge is 2.38. The number of hydrogen-bond donors (Lipinski definition) is 2. The van der Waals surface area contributed by atoms with Crippen molar-refractivity contribution < 1.29 is 9.53 Å². The van der Waals surface area contributed by atoms with Crippen LogP contribution in [0.2, 0.25) is 0 Å².